The highest BCUT2D eigenvalue weighted by Gasteiger charge is 2.04. The summed E-state index contributed by atoms with van der Waals surface area (Å²) in [7, 11) is 0. The van der Waals surface area contributed by atoms with Crippen molar-refractivity contribution in [3.63, 3.8) is 0 Å². The molecule has 0 saturated carbocycles. The third-order valence-electron chi connectivity index (χ3n) is 1.30. The fourth-order valence-corrected chi connectivity index (χ4v) is 0.755. The van der Waals surface area contributed by atoms with Gasteiger partial charge in [-0.2, -0.15) is 0 Å². The zero-order valence-electron chi connectivity index (χ0n) is 6.77. The molecule has 1 heterocycles. The van der Waals surface area contributed by atoms with E-state index in [1.807, 2.05) is 0 Å². The number of hydrogen-bond donors (Lipinski definition) is 3. The summed E-state index contributed by atoms with van der Waals surface area (Å²) in [5, 5.41) is 19.8. The lowest BCUT2D eigenvalue weighted by atomic mass is 10.4. The smallest absolute Gasteiger partial charge is 0.354 e. The molecule has 0 atom stereocenters. The molecule has 0 radical (unpaired) electrons. The van der Waals surface area contributed by atoms with E-state index in [1.54, 1.807) is 0 Å². The van der Waals surface area contributed by atoms with Gasteiger partial charge in [0.2, 0.25) is 0 Å². The second kappa shape index (κ2) is 4.36. The molecule has 0 unspecified atom stereocenters. The Bertz CT molecular complexity index is 303. The van der Waals surface area contributed by atoms with Gasteiger partial charge in [0, 0.05) is 12.6 Å². The molecule has 1 aromatic rings. The Balaban J connectivity index is 2.73. The molecule has 3 N–H and O–H groups in total. The van der Waals surface area contributed by atoms with E-state index in [0.29, 0.717) is 12.4 Å². The van der Waals surface area contributed by atoms with E-state index in [9.17, 15) is 4.79 Å². The minimum Gasteiger partial charge on any atom is -0.477 e. The molecule has 0 spiro atoms. The number of aliphatic hydroxyl groups is 1. The number of hydrogen-bond acceptors (Lipinski definition) is 5. The molecule has 0 aliphatic rings. The maximum atomic E-state index is 10.5. The van der Waals surface area contributed by atoms with Crippen LogP contribution in [0.4, 0.5) is 5.82 Å². The average molecular weight is 183 g/mol. The third-order valence-corrected chi connectivity index (χ3v) is 1.30. The van der Waals surface area contributed by atoms with Crippen molar-refractivity contribution in [2.24, 2.45) is 0 Å². The van der Waals surface area contributed by atoms with E-state index in [0.717, 1.165) is 6.33 Å². The molecular weight excluding hydrogens is 174 g/mol. The van der Waals surface area contributed by atoms with Gasteiger partial charge in [-0.15, -0.1) is 0 Å². The molecule has 6 nitrogen and oxygen atoms in total. The van der Waals surface area contributed by atoms with Crippen molar-refractivity contribution in [3.8, 4) is 0 Å². The molecule has 1 rings (SSSR count). The molecular formula is C7H9N3O3. The number of rotatable bonds is 4. The summed E-state index contributed by atoms with van der Waals surface area (Å²) in [6, 6.07) is 1.30. The van der Waals surface area contributed by atoms with E-state index in [-0.39, 0.29) is 12.3 Å². The second-order valence-electron chi connectivity index (χ2n) is 2.24. The van der Waals surface area contributed by atoms with Gasteiger partial charge in [0.25, 0.3) is 0 Å². The topological polar surface area (TPSA) is 95.3 Å². The summed E-state index contributed by atoms with van der Waals surface area (Å²) >= 11 is 0. The first-order valence-corrected chi connectivity index (χ1v) is 3.64. The highest BCUT2D eigenvalue weighted by atomic mass is 16.4. The predicted octanol–water partition coefficient (Wildman–Crippen LogP) is -0.421. The zero-order valence-corrected chi connectivity index (χ0v) is 6.77. The number of aromatic nitrogens is 2. The Kier molecular flexibility index (Phi) is 3.15. The van der Waals surface area contributed by atoms with Crippen LogP contribution in [-0.2, 0) is 0 Å². The molecule has 0 amide bonds. The monoisotopic (exact) mass is 183 g/mol. The van der Waals surface area contributed by atoms with Crippen LogP contribution in [0.25, 0.3) is 0 Å². The van der Waals surface area contributed by atoms with Crippen molar-refractivity contribution in [2.45, 2.75) is 0 Å². The number of nitrogens with zero attached hydrogens (tertiary/aromatic N) is 2. The Hall–Kier alpha value is -1.69. The molecule has 0 bridgehead atoms. The van der Waals surface area contributed by atoms with Crippen LogP contribution < -0.4 is 5.32 Å². The van der Waals surface area contributed by atoms with Gasteiger partial charge in [0.1, 0.15) is 12.1 Å². The van der Waals surface area contributed by atoms with Crippen molar-refractivity contribution < 1.29 is 15.0 Å². The van der Waals surface area contributed by atoms with Crippen molar-refractivity contribution in [2.75, 3.05) is 18.5 Å². The van der Waals surface area contributed by atoms with Crippen LogP contribution in [0.2, 0.25) is 0 Å². The van der Waals surface area contributed by atoms with E-state index in [2.05, 4.69) is 15.3 Å². The van der Waals surface area contributed by atoms with E-state index < -0.39 is 5.97 Å². The van der Waals surface area contributed by atoms with Crippen LogP contribution in [0.1, 0.15) is 10.5 Å². The van der Waals surface area contributed by atoms with Crippen molar-refractivity contribution in [1.29, 1.82) is 0 Å². The van der Waals surface area contributed by atoms with E-state index in [1.165, 1.54) is 6.07 Å². The van der Waals surface area contributed by atoms with Gasteiger partial charge >= 0.3 is 5.97 Å². The molecule has 0 aliphatic carbocycles. The second-order valence-corrected chi connectivity index (χ2v) is 2.24. The summed E-state index contributed by atoms with van der Waals surface area (Å²) in [4.78, 5) is 17.8. The van der Waals surface area contributed by atoms with Crippen LogP contribution >= 0.6 is 0 Å². The van der Waals surface area contributed by atoms with Gasteiger partial charge in [0.15, 0.2) is 5.69 Å². The predicted molar refractivity (Wildman–Crippen MR) is 44.6 cm³/mol. The lowest BCUT2D eigenvalue weighted by Gasteiger charge is -2.02. The average Bonchev–Trinajstić information content (AvgIpc) is 2.15. The van der Waals surface area contributed by atoms with Crippen LogP contribution in [-0.4, -0.2) is 39.3 Å². The minimum absolute atomic E-state index is 0.0353. The minimum atomic E-state index is -1.10. The largest absolute Gasteiger partial charge is 0.477 e. The van der Waals surface area contributed by atoms with E-state index in [4.69, 9.17) is 10.2 Å². The highest BCUT2D eigenvalue weighted by Crippen LogP contribution is 2.02. The first-order valence-electron chi connectivity index (χ1n) is 3.64. The van der Waals surface area contributed by atoms with Crippen molar-refractivity contribution in [3.05, 3.63) is 18.1 Å². The molecule has 13 heavy (non-hydrogen) atoms. The van der Waals surface area contributed by atoms with Crippen LogP contribution in [0.3, 0.4) is 0 Å². The summed E-state index contributed by atoms with van der Waals surface area (Å²) in [6.07, 6.45) is 1.16. The summed E-state index contributed by atoms with van der Waals surface area (Å²) in [5.74, 6) is -0.712. The number of aliphatic hydroxyl groups excluding tert-OH is 1. The SMILES string of the molecule is O=C(O)c1cc(NCCO)ncn1. The highest BCUT2D eigenvalue weighted by molar-refractivity contribution is 5.85. The number of carboxylic acids is 1. The Morgan fingerprint density at radius 2 is 2.31 bits per heavy atom. The Morgan fingerprint density at radius 3 is 2.92 bits per heavy atom. The van der Waals surface area contributed by atoms with Crippen molar-refractivity contribution >= 4 is 11.8 Å². The first kappa shape index (κ1) is 9.40. The standard InChI is InChI=1S/C7H9N3O3/c11-2-1-8-6-3-5(7(12)13)9-4-10-6/h3-4,11H,1-2H2,(H,12,13)(H,8,9,10). The molecule has 0 fully saturated rings. The summed E-state index contributed by atoms with van der Waals surface area (Å²) in [5.41, 5.74) is -0.0737. The first-order chi connectivity index (χ1) is 6.24. The van der Waals surface area contributed by atoms with Gasteiger partial charge in [-0.3, -0.25) is 0 Å². The van der Waals surface area contributed by atoms with Crippen LogP contribution in [0.5, 0.6) is 0 Å². The summed E-state index contributed by atoms with van der Waals surface area (Å²) in [6.45, 7) is 0.294. The number of carboxylic acid groups (broad SMARTS) is 1. The maximum Gasteiger partial charge on any atom is 0.354 e. The van der Waals surface area contributed by atoms with Crippen molar-refractivity contribution in [1.82, 2.24) is 9.97 Å². The Labute approximate surface area is 74.3 Å². The molecule has 6 heteroatoms. The van der Waals surface area contributed by atoms with Gasteiger partial charge in [0.05, 0.1) is 6.61 Å². The lowest BCUT2D eigenvalue weighted by molar-refractivity contribution is 0.0690. The van der Waals surface area contributed by atoms with Gasteiger partial charge < -0.3 is 15.5 Å². The molecule has 0 saturated heterocycles. The van der Waals surface area contributed by atoms with E-state index >= 15 is 0 Å². The molecule has 0 aromatic carbocycles. The maximum absolute atomic E-state index is 10.5. The Morgan fingerprint density at radius 1 is 1.54 bits per heavy atom. The van der Waals surface area contributed by atoms with Gasteiger partial charge in [-0.25, -0.2) is 14.8 Å². The number of nitrogens with one attached hydrogen (secondary N) is 1. The quantitative estimate of drug-likeness (QED) is 0.586. The zero-order chi connectivity index (χ0) is 9.68. The summed E-state index contributed by atoms with van der Waals surface area (Å²) < 4.78 is 0. The number of aromatic carboxylic acids is 1. The van der Waals surface area contributed by atoms with Gasteiger partial charge in [-0.05, 0) is 0 Å². The van der Waals surface area contributed by atoms with Gasteiger partial charge in [-0.1, -0.05) is 0 Å². The lowest BCUT2D eigenvalue weighted by Crippen LogP contribution is -2.09. The molecule has 1 aromatic heterocycles. The third kappa shape index (κ3) is 2.68. The normalized spacial score (nSPS) is 9.62. The molecule has 70 valence electrons. The van der Waals surface area contributed by atoms with Crippen LogP contribution in [0.15, 0.2) is 12.4 Å². The number of carbonyl (C=O) groups is 1. The molecule has 0 aliphatic heterocycles. The fraction of sp³-hybridized carbons (Fsp3) is 0.286. The fourth-order valence-electron chi connectivity index (χ4n) is 0.755. The van der Waals surface area contributed by atoms with Crippen LogP contribution in [0, 0.1) is 0 Å². The number of anilines is 1.